The molecule has 1 saturated heterocycles. The van der Waals surface area contributed by atoms with E-state index in [1.807, 2.05) is 11.8 Å². The van der Waals surface area contributed by atoms with Crippen molar-refractivity contribution in [3.63, 3.8) is 0 Å². The molecule has 0 unspecified atom stereocenters. The van der Waals surface area contributed by atoms with E-state index >= 15 is 0 Å². The quantitative estimate of drug-likeness (QED) is 0.670. The van der Waals surface area contributed by atoms with Gasteiger partial charge >= 0.3 is 6.03 Å². The van der Waals surface area contributed by atoms with Crippen LogP contribution in [0.25, 0.3) is 0 Å². The number of anilines is 1. The molecule has 1 fully saturated rings. The lowest BCUT2D eigenvalue weighted by atomic mass is 10.2. The van der Waals surface area contributed by atoms with Crippen LogP contribution < -0.4 is 10.2 Å². The summed E-state index contributed by atoms with van der Waals surface area (Å²) >= 11 is 0. The van der Waals surface area contributed by atoms with Gasteiger partial charge in [-0.05, 0) is 13.0 Å². The van der Waals surface area contributed by atoms with Gasteiger partial charge in [0.1, 0.15) is 5.69 Å². The molecule has 7 nitrogen and oxygen atoms in total. The van der Waals surface area contributed by atoms with Crippen LogP contribution in [0.3, 0.4) is 0 Å². The maximum Gasteiger partial charge on any atom is 0.317 e. The molecule has 2 rings (SSSR count). The van der Waals surface area contributed by atoms with Gasteiger partial charge in [0.05, 0.1) is 4.92 Å². The normalized spacial score (nSPS) is 15.1. The Hall–Kier alpha value is -2.31. The van der Waals surface area contributed by atoms with Crippen LogP contribution >= 0.6 is 0 Å². The van der Waals surface area contributed by atoms with Crippen molar-refractivity contribution >= 4 is 17.4 Å². The fraction of sp³-hybridized carbons (Fsp3) is 0.462. The molecule has 108 valence electrons. The van der Waals surface area contributed by atoms with Gasteiger partial charge in [0.2, 0.25) is 0 Å². The Labute approximate surface area is 117 Å². The summed E-state index contributed by atoms with van der Waals surface area (Å²) in [6.45, 7) is 4.81. The van der Waals surface area contributed by atoms with Gasteiger partial charge in [-0.2, -0.15) is 0 Å². The van der Waals surface area contributed by atoms with E-state index < -0.39 is 0 Å². The van der Waals surface area contributed by atoms with E-state index in [9.17, 15) is 14.9 Å². The fourth-order valence-electron chi connectivity index (χ4n) is 2.30. The summed E-state index contributed by atoms with van der Waals surface area (Å²) < 4.78 is 0. The highest BCUT2D eigenvalue weighted by atomic mass is 16.6. The van der Waals surface area contributed by atoms with Crippen molar-refractivity contribution < 1.29 is 9.72 Å². The monoisotopic (exact) mass is 278 g/mol. The number of benzene rings is 1. The van der Waals surface area contributed by atoms with Crippen molar-refractivity contribution in [2.45, 2.75) is 6.92 Å². The summed E-state index contributed by atoms with van der Waals surface area (Å²) in [6, 6.07) is 6.63. The zero-order valence-electron chi connectivity index (χ0n) is 11.4. The van der Waals surface area contributed by atoms with Crippen LogP contribution in [-0.2, 0) is 0 Å². The topological polar surface area (TPSA) is 78.7 Å². The largest absolute Gasteiger partial charge is 0.362 e. The highest BCUT2D eigenvalue weighted by molar-refractivity contribution is 5.74. The molecule has 1 N–H and O–H groups in total. The number of nitrogens with zero attached hydrogens (tertiary/aromatic N) is 3. The van der Waals surface area contributed by atoms with E-state index in [4.69, 9.17) is 0 Å². The summed E-state index contributed by atoms with van der Waals surface area (Å²) in [4.78, 5) is 26.0. The van der Waals surface area contributed by atoms with Crippen LogP contribution in [0.4, 0.5) is 16.2 Å². The van der Waals surface area contributed by atoms with Crippen molar-refractivity contribution in [3.8, 4) is 0 Å². The van der Waals surface area contributed by atoms with Crippen LogP contribution in [0.2, 0.25) is 0 Å². The number of carbonyl (C=O) groups excluding carboxylic acids is 1. The number of nitro groups is 1. The fourth-order valence-corrected chi connectivity index (χ4v) is 2.30. The van der Waals surface area contributed by atoms with Gasteiger partial charge in [-0.3, -0.25) is 10.1 Å². The molecule has 0 saturated carbocycles. The summed E-state index contributed by atoms with van der Waals surface area (Å²) in [5, 5.41) is 13.8. The number of para-hydroxylation sites is 2. The molecule has 1 heterocycles. The lowest BCUT2D eigenvalue weighted by molar-refractivity contribution is -0.384. The van der Waals surface area contributed by atoms with Crippen LogP contribution in [-0.4, -0.2) is 48.6 Å². The van der Waals surface area contributed by atoms with Crippen molar-refractivity contribution in [2.75, 3.05) is 37.6 Å². The van der Waals surface area contributed by atoms with Crippen molar-refractivity contribution in [1.29, 1.82) is 0 Å². The number of nitrogens with one attached hydrogen (secondary N) is 1. The Morgan fingerprint density at radius 1 is 1.30 bits per heavy atom. The summed E-state index contributed by atoms with van der Waals surface area (Å²) in [5.74, 6) is 0. The summed E-state index contributed by atoms with van der Waals surface area (Å²) in [6.07, 6.45) is 0. The van der Waals surface area contributed by atoms with E-state index in [1.54, 1.807) is 23.1 Å². The second-order valence-corrected chi connectivity index (χ2v) is 4.56. The summed E-state index contributed by atoms with van der Waals surface area (Å²) in [7, 11) is 0. The smallest absolute Gasteiger partial charge is 0.317 e. The highest BCUT2D eigenvalue weighted by Crippen LogP contribution is 2.28. The third kappa shape index (κ3) is 2.98. The molecule has 1 aromatic carbocycles. The lowest BCUT2D eigenvalue weighted by Gasteiger charge is -2.35. The highest BCUT2D eigenvalue weighted by Gasteiger charge is 2.24. The molecule has 1 aliphatic rings. The molecule has 0 aliphatic carbocycles. The zero-order chi connectivity index (χ0) is 14.5. The van der Waals surface area contributed by atoms with Gasteiger partial charge in [0.15, 0.2) is 0 Å². The van der Waals surface area contributed by atoms with Crippen molar-refractivity contribution in [3.05, 3.63) is 34.4 Å². The van der Waals surface area contributed by atoms with E-state index in [-0.39, 0.29) is 16.6 Å². The van der Waals surface area contributed by atoms with Gasteiger partial charge in [0, 0.05) is 38.8 Å². The van der Waals surface area contributed by atoms with Crippen LogP contribution in [0.5, 0.6) is 0 Å². The summed E-state index contributed by atoms with van der Waals surface area (Å²) in [5.41, 5.74) is 0.729. The molecule has 7 heteroatoms. The molecular weight excluding hydrogens is 260 g/mol. The van der Waals surface area contributed by atoms with Crippen molar-refractivity contribution in [2.24, 2.45) is 0 Å². The third-order valence-corrected chi connectivity index (χ3v) is 3.31. The average molecular weight is 278 g/mol. The van der Waals surface area contributed by atoms with Gasteiger partial charge < -0.3 is 15.1 Å². The Morgan fingerprint density at radius 2 is 1.95 bits per heavy atom. The number of urea groups is 1. The molecule has 0 bridgehead atoms. The Morgan fingerprint density at radius 3 is 2.55 bits per heavy atom. The Kier molecular flexibility index (Phi) is 4.39. The van der Waals surface area contributed by atoms with E-state index in [0.29, 0.717) is 38.4 Å². The first-order valence-electron chi connectivity index (χ1n) is 6.64. The second kappa shape index (κ2) is 6.23. The molecule has 0 aromatic heterocycles. The first-order chi connectivity index (χ1) is 9.63. The maximum atomic E-state index is 11.7. The van der Waals surface area contributed by atoms with Gasteiger partial charge in [0.25, 0.3) is 5.69 Å². The molecule has 0 atom stereocenters. The average Bonchev–Trinajstić information content (AvgIpc) is 2.47. The molecule has 1 aromatic rings. The first kappa shape index (κ1) is 14.1. The number of amides is 2. The number of piperazine rings is 1. The minimum Gasteiger partial charge on any atom is -0.362 e. The van der Waals surface area contributed by atoms with E-state index in [2.05, 4.69) is 5.32 Å². The minimum atomic E-state index is -0.370. The number of hydrogen-bond acceptors (Lipinski definition) is 4. The molecule has 1 aliphatic heterocycles. The SMILES string of the molecule is CCNC(=O)N1CCN(c2ccccc2[N+](=O)[O-])CC1. The number of carbonyl (C=O) groups is 1. The van der Waals surface area contributed by atoms with Crippen LogP contribution in [0.15, 0.2) is 24.3 Å². The second-order valence-electron chi connectivity index (χ2n) is 4.56. The number of hydrogen-bond donors (Lipinski definition) is 1. The Balaban J connectivity index is 2.04. The molecule has 2 amide bonds. The number of rotatable bonds is 3. The standard InChI is InChI=1S/C13H18N4O3/c1-2-14-13(18)16-9-7-15(8-10-16)11-5-3-4-6-12(11)17(19)20/h3-6H,2,7-10H2,1H3,(H,14,18). The zero-order valence-corrected chi connectivity index (χ0v) is 11.4. The molecular formula is C13H18N4O3. The van der Waals surface area contributed by atoms with E-state index in [0.717, 1.165) is 0 Å². The van der Waals surface area contributed by atoms with Gasteiger partial charge in [-0.1, -0.05) is 12.1 Å². The van der Waals surface area contributed by atoms with Gasteiger partial charge in [-0.15, -0.1) is 0 Å². The predicted octanol–water partition coefficient (Wildman–Crippen LogP) is 1.45. The lowest BCUT2D eigenvalue weighted by Crippen LogP contribution is -2.51. The third-order valence-electron chi connectivity index (χ3n) is 3.31. The minimum absolute atomic E-state index is 0.0743. The number of nitro benzene ring substituents is 1. The molecule has 0 radical (unpaired) electrons. The first-order valence-corrected chi connectivity index (χ1v) is 6.64. The van der Waals surface area contributed by atoms with Crippen LogP contribution in [0, 0.1) is 10.1 Å². The maximum absolute atomic E-state index is 11.7. The molecule has 20 heavy (non-hydrogen) atoms. The molecule has 0 spiro atoms. The predicted molar refractivity (Wildman–Crippen MR) is 76.0 cm³/mol. The van der Waals surface area contributed by atoms with Gasteiger partial charge in [-0.25, -0.2) is 4.79 Å². The Bertz CT molecular complexity index is 498. The van der Waals surface area contributed by atoms with Crippen LogP contribution in [0.1, 0.15) is 6.92 Å². The van der Waals surface area contributed by atoms with Crippen molar-refractivity contribution in [1.82, 2.24) is 10.2 Å². The van der Waals surface area contributed by atoms with E-state index in [1.165, 1.54) is 6.07 Å².